The van der Waals surface area contributed by atoms with E-state index in [1.165, 1.54) is 11.1 Å². The highest BCUT2D eigenvalue weighted by Crippen LogP contribution is 2.26. The summed E-state index contributed by atoms with van der Waals surface area (Å²) in [6.45, 7) is 8.67. The molecule has 0 radical (unpaired) electrons. The number of hydrogen-bond donors (Lipinski definition) is 1. The summed E-state index contributed by atoms with van der Waals surface area (Å²) in [4.78, 5) is 0. The van der Waals surface area contributed by atoms with Crippen LogP contribution in [0, 0.1) is 6.92 Å². The van der Waals surface area contributed by atoms with E-state index in [0.29, 0.717) is 0 Å². The highest BCUT2D eigenvalue weighted by molar-refractivity contribution is 5.57. The molecule has 1 aromatic carbocycles. The number of benzene rings is 1. The Morgan fingerprint density at radius 2 is 2.15 bits per heavy atom. The van der Waals surface area contributed by atoms with Crippen LogP contribution in [0.5, 0.6) is 5.75 Å². The number of nitrogens with zero attached hydrogens (tertiary/aromatic N) is 2. The van der Waals surface area contributed by atoms with E-state index in [1.54, 1.807) is 0 Å². The first-order chi connectivity index (χ1) is 9.72. The fraction of sp³-hybridized carbons (Fsp3) is 0.438. The van der Waals surface area contributed by atoms with Gasteiger partial charge in [0.25, 0.3) is 0 Å². The van der Waals surface area contributed by atoms with Crippen LogP contribution in [0.15, 0.2) is 30.6 Å². The van der Waals surface area contributed by atoms with Gasteiger partial charge in [-0.2, -0.15) is 5.10 Å². The van der Waals surface area contributed by atoms with Crippen LogP contribution in [0.25, 0.3) is 0 Å². The minimum Gasteiger partial charge on any atom is -0.491 e. The van der Waals surface area contributed by atoms with E-state index in [0.717, 1.165) is 37.6 Å². The third-order valence-electron chi connectivity index (χ3n) is 3.09. The molecule has 4 nitrogen and oxygen atoms in total. The van der Waals surface area contributed by atoms with Crippen LogP contribution in [0.2, 0.25) is 0 Å². The highest BCUT2D eigenvalue weighted by atomic mass is 16.5. The first kappa shape index (κ1) is 14.4. The predicted molar refractivity (Wildman–Crippen MR) is 82.2 cm³/mol. The Morgan fingerprint density at radius 3 is 2.85 bits per heavy atom. The fourth-order valence-electron chi connectivity index (χ4n) is 1.97. The van der Waals surface area contributed by atoms with E-state index in [2.05, 4.69) is 55.6 Å². The summed E-state index contributed by atoms with van der Waals surface area (Å²) in [6, 6.07) is 6.24. The van der Waals surface area contributed by atoms with Crippen LogP contribution >= 0.6 is 0 Å². The van der Waals surface area contributed by atoms with Crippen molar-refractivity contribution >= 4 is 5.69 Å². The molecular formula is C16H23N3O. The normalized spacial score (nSPS) is 10.6. The minimum absolute atomic E-state index is 0.742. The average Bonchev–Trinajstić information content (AvgIpc) is 2.92. The zero-order valence-electron chi connectivity index (χ0n) is 12.5. The van der Waals surface area contributed by atoms with Crippen molar-refractivity contribution in [3.8, 4) is 5.75 Å². The molecule has 2 aromatic rings. The van der Waals surface area contributed by atoms with Crippen molar-refractivity contribution in [3.63, 3.8) is 0 Å². The van der Waals surface area contributed by atoms with Gasteiger partial charge in [0.05, 0.1) is 18.5 Å². The van der Waals surface area contributed by atoms with Crippen molar-refractivity contribution in [3.05, 3.63) is 41.7 Å². The molecule has 0 aliphatic carbocycles. The first-order valence-corrected chi connectivity index (χ1v) is 7.21. The van der Waals surface area contributed by atoms with Crippen LogP contribution in [0.3, 0.4) is 0 Å². The maximum absolute atomic E-state index is 5.80. The third-order valence-corrected chi connectivity index (χ3v) is 3.09. The van der Waals surface area contributed by atoms with E-state index < -0.39 is 0 Å². The number of hydrogen-bond acceptors (Lipinski definition) is 3. The van der Waals surface area contributed by atoms with Gasteiger partial charge >= 0.3 is 0 Å². The SMILES string of the molecule is CCCOc1cc(C)ccc1NCc1cnn(CC)c1. The Labute approximate surface area is 120 Å². The molecule has 1 heterocycles. The molecule has 1 N–H and O–H groups in total. The second-order valence-electron chi connectivity index (χ2n) is 4.91. The molecule has 0 fully saturated rings. The van der Waals surface area contributed by atoms with E-state index in [9.17, 15) is 0 Å². The second kappa shape index (κ2) is 6.98. The van der Waals surface area contributed by atoms with Crippen LogP contribution < -0.4 is 10.1 Å². The monoisotopic (exact) mass is 273 g/mol. The molecule has 0 unspecified atom stereocenters. The lowest BCUT2D eigenvalue weighted by Crippen LogP contribution is -2.03. The Bertz CT molecular complexity index is 548. The van der Waals surface area contributed by atoms with Crippen molar-refractivity contribution in [2.24, 2.45) is 0 Å². The maximum Gasteiger partial charge on any atom is 0.142 e. The molecule has 0 spiro atoms. The van der Waals surface area contributed by atoms with Gasteiger partial charge in [-0.25, -0.2) is 0 Å². The predicted octanol–water partition coefficient (Wildman–Crippen LogP) is 3.61. The van der Waals surface area contributed by atoms with Crippen molar-refractivity contribution in [1.29, 1.82) is 0 Å². The molecule has 0 aliphatic rings. The topological polar surface area (TPSA) is 39.1 Å². The summed E-state index contributed by atoms with van der Waals surface area (Å²) in [5.74, 6) is 0.926. The maximum atomic E-state index is 5.80. The number of ether oxygens (including phenoxy) is 1. The molecule has 0 amide bonds. The van der Waals surface area contributed by atoms with Gasteiger partial charge in [-0.15, -0.1) is 0 Å². The van der Waals surface area contributed by atoms with Crippen molar-refractivity contribution in [2.75, 3.05) is 11.9 Å². The van der Waals surface area contributed by atoms with Gasteiger partial charge in [0.1, 0.15) is 5.75 Å². The van der Waals surface area contributed by atoms with E-state index >= 15 is 0 Å². The fourth-order valence-corrected chi connectivity index (χ4v) is 1.97. The molecule has 0 aliphatic heterocycles. The van der Waals surface area contributed by atoms with Crippen molar-refractivity contribution in [1.82, 2.24) is 9.78 Å². The average molecular weight is 273 g/mol. The van der Waals surface area contributed by atoms with Gasteiger partial charge in [0, 0.05) is 24.8 Å². The van der Waals surface area contributed by atoms with Gasteiger partial charge in [-0.05, 0) is 38.0 Å². The summed E-state index contributed by atoms with van der Waals surface area (Å²) in [7, 11) is 0. The van der Waals surface area contributed by atoms with Gasteiger partial charge in [0.15, 0.2) is 0 Å². The summed E-state index contributed by atoms with van der Waals surface area (Å²) in [5, 5.41) is 7.70. The number of anilines is 1. The summed E-state index contributed by atoms with van der Waals surface area (Å²) < 4.78 is 7.73. The van der Waals surface area contributed by atoms with Gasteiger partial charge in [0.2, 0.25) is 0 Å². The zero-order chi connectivity index (χ0) is 14.4. The minimum atomic E-state index is 0.742. The highest BCUT2D eigenvalue weighted by Gasteiger charge is 2.05. The lowest BCUT2D eigenvalue weighted by molar-refractivity contribution is 0.318. The first-order valence-electron chi connectivity index (χ1n) is 7.21. The number of rotatable bonds is 7. The van der Waals surface area contributed by atoms with E-state index in [4.69, 9.17) is 4.74 Å². The lowest BCUT2D eigenvalue weighted by Gasteiger charge is -2.13. The van der Waals surface area contributed by atoms with Crippen LogP contribution in [0.1, 0.15) is 31.4 Å². The Morgan fingerprint density at radius 1 is 1.30 bits per heavy atom. The Hall–Kier alpha value is -1.97. The molecule has 0 saturated heterocycles. The molecule has 20 heavy (non-hydrogen) atoms. The van der Waals surface area contributed by atoms with E-state index in [-0.39, 0.29) is 0 Å². The molecule has 0 saturated carbocycles. The van der Waals surface area contributed by atoms with Gasteiger partial charge < -0.3 is 10.1 Å². The van der Waals surface area contributed by atoms with Crippen LogP contribution in [-0.4, -0.2) is 16.4 Å². The van der Waals surface area contributed by atoms with Crippen LogP contribution in [-0.2, 0) is 13.1 Å². The largest absolute Gasteiger partial charge is 0.491 e. The summed E-state index contributed by atoms with van der Waals surface area (Å²) >= 11 is 0. The Kier molecular flexibility index (Phi) is 5.04. The third kappa shape index (κ3) is 3.76. The van der Waals surface area contributed by atoms with Gasteiger partial charge in [-0.3, -0.25) is 4.68 Å². The Balaban J connectivity index is 2.04. The second-order valence-corrected chi connectivity index (χ2v) is 4.91. The molecule has 2 rings (SSSR count). The molecule has 108 valence electrons. The molecule has 1 aromatic heterocycles. The molecule has 4 heteroatoms. The van der Waals surface area contributed by atoms with E-state index in [1.807, 2.05) is 10.9 Å². The molecular weight excluding hydrogens is 250 g/mol. The smallest absolute Gasteiger partial charge is 0.142 e. The number of aromatic nitrogens is 2. The molecule has 0 atom stereocenters. The summed E-state index contributed by atoms with van der Waals surface area (Å²) in [5.41, 5.74) is 3.42. The standard InChI is InChI=1S/C16H23N3O/c1-4-8-20-16-9-13(3)6-7-15(16)17-10-14-11-18-19(5-2)12-14/h6-7,9,11-12,17H,4-5,8,10H2,1-3H3. The quantitative estimate of drug-likeness (QED) is 0.837. The number of nitrogens with one attached hydrogen (secondary N) is 1. The molecule has 0 bridgehead atoms. The summed E-state index contributed by atoms with van der Waals surface area (Å²) in [6.07, 6.45) is 4.97. The van der Waals surface area contributed by atoms with Gasteiger partial charge in [-0.1, -0.05) is 13.0 Å². The zero-order valence-corrected chi connectivity index (χ0v) is 12.5. The van der Waals surface area contributed by atoms with Crippen molar-refractivity contribution < 1.29 is 4.74 Å². The van der Waals surface area contributed by atoms with Crippen LogP contribution in [0.4, 0.5) is 5.69 Å². The van der Waals surface area contributed by atoms with Crippen molar-refractivity contribution in [2.45, 2.75) is 40.3 Å². The lowest BCUT2D eigenvalue weighted by atomic mass is 10.2. The number of aryl methyl sites for hydroxylation is 2.